The summed E-state index contributed by atoms with van der Waals surface area (Å²) in [5, 5.41) is 12.2. The first-order valence-corrected chi connectivity index (χ1v) is 6.32. The molecule has 1 aliphatic heterocycles. The van der Waals surface area contributed by atoms with Crippen LogP contribution in [0.2, 0.25) is 0 Å². The van der Waals surface area contributed by atoms with Crippen molar-refractivity contribution in [1.82, 2.24) is 20.1 Å². The summed E-state index contributed by atoms with van der Waals surface area (Å²) in [6.07, 6.45) is 2.25. The summed E-state index contributed by atoms with van der Waals surface area (Å²) < 4.78 is 7.71. The maximum Gasteiger partial charge on any atom is 0.164 e. The monoisotopic (exact) mass is 238 g/mol. The fourth-order valence-corrected chi connectivity index (χ4v) is 2.29. The summed E-state index contributed by atoms with van der Waals surface area (Å²) >= 11 is 0. The highest BCUT2D eigenvalue weighted by Crippen LogP contribution is 2.27. The van der Waals surface area contributed by atoms with Crippen molar-refractivity contribution < 1.29 is 4.74 Å². The number of nitrogens with one attached hydrogen (secondary N) is 1. The third-order valence-electron chi connectivity index (χ3n) is 3.44. The van der Waals surface area contributed by atoms with Crippen LogP contribution < -0.4 is 5.32 Å². The summed E-state index contributed by atoms with van der Waals surface area (Å²) in [7, 11) is 1.71. The van der Waals surface area contributed by atoms with Crippen molar-refractivity contribution in [2.45, 2.75) is 51.8 Å². The summed E-state index contributed by atoms with van der Waals surface area (Å²) in [5.41, 5.74) is -0.376. The average Bonchev–Trinajstić information content (AvgIpc) is 2.75. The molecule has 0 spiro atoms. The van der Waals surface area contributed by atoms with Gasteiger partial charge in [-0.3, -0.25) is 0 Å². The molecule has 0 aliphatic carbocycles. The van der Waals surface area contributed by atoms with Gasteiger partial charge in [0.25, 0.3) is 0 Å². The van der Waals surface area contributed by atoms with Gasteiger partial charge in [-0.05, 0) is 20.3 Å². The summed E-state index contributed by atoms with van der Waals surface area (Å²) in [5.74, 6) is 1.98. The minimum Gasteiger partial charge on any atom is -0.371 e. The molecule has 0 saturated heterocycles. The number of rotatable bonds is 4. The van der Waals surface area contributed by atoms with E-state index in [1.807, 2.05) is 13.8 Å². The minimum absolute atomic E-state index is 0.336. The molecule has 5 heteroatoms. The van der Waals surface area contributed by atoms with E-state index in [4.69, 9.17) is 4.74 Å². The zero-order valence-corrected chi connectivity index (χ0v) is 11.2. The van der Waals surface area contributed by atoms with Crippen LogP contribution in [0, 0.1) is 0 Å². The number of hydrogen-bond acceptors (Lipinski definition) is 4. The lowest BCUT2D eigenvalue weighted by Gasteiger charge is -2.28. The van der Waals surface area contributed by atoms with Crippen LogP contribution in [0.5, 0.6) is 0 Å². The van der Waals surface area contributed by atoms with Crippen LogP contribution in [0.25, 0.3) is 0 Å². The fraction of sp³-hybridized carbons (Fsp3) is 0.833. The first kappa shape index (κ1) is 12.5. The molecule has 0 aromatic carbocycles. The standard InChI is InChI=1S/C12H22N4O/c1-5-6-9-10-14-15-11(12(2,3)17-4)16(10)8-7-13-9/h9,13H,5-8H2,1-4H3. The summed E-state index contributed by atoms with van der Waals surface area (Å²) in [6.45, 7) is 8.15. The molecule has 1 unspecified atom stereocenters. The van der Waals surface area contributed by atoms with E-state index in [1.165, 1.54) is 0 Å². The smallest absolute Gasteiger partial charge is 0.164 e. The van der Waals surface area contributed by atoms with Crippen LogP contribution in [0.3, 0.4) is 0 Å². The van der Waals surface area contributed by atoms with E-state index in [0.717, 1.165) is 37.6 Å². The normalized spacial score (nSPS) is 20.4. The largest absolute Gasteiger partial charge is 0.371 e. The van der Waals surface area contributed by atoms with E-state index in [-0.39, 0.29) is 5.60 Å². The lowest BCUT2D eigenvalue weighted by atomic mass is 10.1. The van der Waals surface area contributed by atoms with E-state index in [2.05, 4.69) is 27.0 Å². The molecule has 2 heterocycles. The molecular weight excluding hydrogens is 216 g/mol. The number of nitrogens with zero attached hydrogens (tertiary/aromatic N) is 3. The van der Waals surface area contributed by atoms with Crippen LogP contribution in [0.4, 0.5) is 0 Å². The molecule has 96 valence electrons. The second-order valence-electron chi connectivity index (χ2n) is 5.04. The molecule has 0 bridgehead atoms. The average molecular weight is 238 g/mol. The molecule has 0 saturated carbocycles. The van der Waals surface area contributed by atoms with Crippen molar-refractivity contribution in [3.05, 3.63) is 11.6 Å². The molecule has 1 aliphatic rings. The maximum absolute atomic E-state index is 5.50. The molecule has 1 aromatic rings. The minimum atomic E-state index is -0.376. The Balaban J connectivity index is 2.34. The first-order valence-electron chi connectivity index (χ1n) is 6.32. The molecule has 2 rings (SSSR count). The summed E-state index contributed by atoms with van der Waals surface area (Å²) in [4.78, 5) is 0. The number of fused-ring (bicyclic) bond motifs is 1. The maximum atomic E-state index is 5.50. The summed E-state index contributed by atoms with van der Waals surface area (Å²) in [6, 6.07) is 0.336. The number of methoxy groups -OCH3 is 1. The number of hydrogen-bond donors (Lipinski definition) is 1. The topological polar surface area (TPSA) is 52.0 Å². The van der Waals surface area contributed by atoms with Gasteiger partial charge in [0, 0.05) is 20.2 Å². The Morgan fingerprint density at radius 1 is 1.47 bits per heavy atom. The number of ether oxygens (including phenoxy) is 1. The molecular formula is C12H22N4O. The Morgan fingerprint density at radius 3 is 2.88 bits per heavy atom. The Morgan fingerprint density at radius 2 is 2.24 bits per heavy atom. The first-order chi connectivity index (χ1) is 8.10. The van der Waals surface area contributed by atoms with Gasteiger partial charge in [0.1, 0.15) is 11.4 Å². The van der Waals surface area contributed by atoms with Crippen molar-refractivity contribution in [1.29, 1.82) is 0 Å². The van der Waals surface area contributed by atoms with Gasteiger partial charge in [0.05, 0.1) is 6.04 Å². The van der Waals surface area contributed by atoms with Crippen LogP contribution in [0.15, 0.2) is 0 Å². The van der Waals surface area contributed by atoms with E-state index in [1.54, 1.807) is 7.11 Å². The molecule has 1 N–H and O–H groups in total. The highest BCUT2D eigenvalue weighted by Gasteiger charge is 2.31. The highest BCUT2D eigenvalue weighted by molar-refractivity contribution is 5.09. The van der Waals surface area contributed by atoms with Crippen LogP contribution in [0.1, 0.15) is 51.3 Å². The van der Waals surface area contributed by atoms with Crippen molar-refractivity contribution in [3.63, 3.8) is 0 Å². The van der Waals surface area contributed by atoms with Gasteiger partial charge in [-0.15, -0.1) is 10.2 Å². The van der Waals surface area contributed by atoms with Crippen molar-refractivity contribution in [2.75, 3.05) is 13.7 Å². The Kier molecular flexibility index (Phi) is 3.49. The Hall–Kier alpha value is -0.940. The molecule has 0 radical (unpaired) electrons. The van der Waals surface area contributed by atoms with Crippen molar-refractivity contribution in [2.24, 2.45) is 0 Å². The predicted molar refractivity (Wildman–Crippen MR) is 65.7 cm³/mol. The highest BCUT2D eigenvalue weighted by atomic mass is 16.5. The second kappa shape index (κ2) is 4.74. The fourth-order valence-electron chi connectivity index (χ4n) is 2.29. The molecule has 1 aromatic heterocycles. The lowest BCUT2D eigenvalue weighted by Crippen LogP contribution is -2.36. The van der Waals surface area contributed by atoms with E-state index in [0.29, 0.717) is 6.04 Å². The van der Waals surface area contributed by atoms with Gasteiger partial charge in [-0.25, -0.2) is 0 Å². The third-order valence-corrected chi connectivity index (χ3v) is 3.44. The quantitative estimate of drug-likeness (QED) is 0.865. The molecule has 0 fully saturated rings. The van der Waals surface area contributed by atoms with Gasteiger partial charge >= 0.3 is 0 Å². The third kappa shape index (κ3) is 2.21. The second-order valence-corrected chi connectivity index (χ2v) is 5.04. The molecule has 17 heavy (non-hydrogen) atoms. The Bertz CT molecular complexity index is 386. The van der Waals surface area contributed by atoms with Gasteiger partial charge in [0.2, 0.25) is 0 Å². The van der Waals surface area contributed by atoms with Crippen LogP contribution in [-0.2, 0) is 16.9 Å². The molecule has 5 nitrogen and oxygen atoms in total. The van der Waals surface area contributed by atoms with E-state index < -0.39 is 0 Å². The molecule has 0 amide bonds. The van der Waals surface area contributed by atoms with Crippen molar-refractivity contribution in [3.8, 4) is 0 Å². The van der Waals surface area contributed by atoms with E-state index >= 15 is 0 Å². The van der Waals surface area contributed by atoms with Crippen LogP contribution in [-0.4, -0.2) is 28.4 Å². The van der Waals surface area contributed by atoms with E-state index in [9.17, 15) is 0 Å². The predicted octanol–water partition coefficient (Wildman–Crippen LogP) is 1.60. The zero-order valence-electron chi connectivity index (χ0n) is 11.2. The zero-order chi connectivity index (χ0) is 12.5. The lowest BCUT2D eigenvalue weighted by molar-refractivity contribution is 0.00763. The van der Waals surface area contributed by atoms with Gasteiger partial charge in [-0.1, -0.05) is 13.3 Å². The Labute approximate surface area is 103 Å². The van der Waals surface area contributed by atoms with Gasteiger partial charge in [-0.2, -0.15) is 0 Å². The van der Waals surface area contributed by atoms with Gasteiger partial charge in [0.15, 0.2) is 5.82 Å². The van der Waals surface area contributed by atoms with Gasteiger partial charge < -0.3 is 14.6 Å². The van der Waals surface area contributed by atoms with Crippen molar-refractivity contribution >= 4 is 0 Å². The number of aromatic nitrogens is 3. The SMILES string of the molecule is CCCC1NCCn2c1nnc2C(C)(C)OC. The van der Waals surface area contributed by atoms with Crippen LogP contribution >= 0.6 is 0 Å². The molecule has 1 atom stereocenters.